The molecule has 134 valence electrons. The zero-order chi connectivity index (χ0) is 17.6. The maximum absolute atomic E-state index is 11.7. The first-order chi connectivity index (χ1) is 10.3. The third kappa shape index (κ3) is 4.27. The van der Waals surface area contributed by atoms with Gasteiger partial charge in [-0.15, -0.1) is 0 Å². The summed E-state index contributed by atoms with van der Waals surface area (Å²) in [5, 5.41) is 0.0885. The van der Waals surface area contributed by atoms with Gasteiger partial charge < -0.3 is 4.43 Å². The van der Waals surface area contributed by atoms with Gasteiger partial charge in [0, 0.05) is 0 Å². The molecule has 0 saturated heterocycles. The van der Waals surface area contributed by atoms with Gasteiger partial charge in [-0.05, 0) is 49.2 Å². The predicted octanol–water partition coefficient (Wildman–Crippen LogP) is 4.10. The van der Waals surface area contributed by atoms with Gasteiger partial charge in [0.15, 0.2) is 8.32 Å². The second-order valence-corrected chi connectivity index (χ2v) is 15.1. The van der Waals surface area contributed by atoms with E-state index in [-0.39, 0.29) is 11.1 Å². The summed E-state index contributed by atoms with van der Waals surface area (Å²) < 4.78 is 35.5. The minimum atomic E-state index is -3.51. The topological polar surface area (TPSA) is 52.6 Å². The molecule has 0 heterocycles. The Morgan fingerprint density at radius 3 is 2.35 bits per heavy atom. The molecule has 4 atom stereocenters. The van der Waals surface area contributed by atoms with Crippen LogP contribution in [0.4, 0.5) is 0 Å². The summed E-state index contributed by atoms with van der Waals surface area (Å²) in [6.07, 6.45) is 4.54. The van der Waals surface area contributed by atoms with E-state index in [0.29, 0.717) is 18.3 Å². The highest BCUT2D eigenvalue weighted by molar-refractivity contribution is 7.86. The van der Waals surface area contributed by atoms with E-state index in [9.17, 15) is 8.42 Å². The van der Waals surface area contributed by atoms with E-state index in [1.807, 2.05) is 0 Å². The number of rotatable bonds is 4. The lowest BCUT2D eigenvalue weighted by atomic mass is 9.75. The van der Waals surface area contributed by atoms with Crippen LogP contribution in [-0.4, -0.2) is 35.2 Å². The Hall–Kier alpha value is -0.173. The van der Waals surface area contributed by atoms with Crippen molar-refractivity contribution in [2.24, 2.45) is 11.8 Å². The van der Waals surface area contributed by atoms with Crippen LogP contribution in [0.15, 0.2) is 12.2 Å². The van der Waals surface area contributed by atoms with Crippen molar-refractivity contribution in [1.29, 1.82) is 0 Å². The van der Waals surface area contributed by atoms with Gasteiger partial charge in [0.25, 0.3) is 10.1 Å². The van der Waals surface area contributed by atoms with E-state index in [2.05, 4.69) is 40.4 Å². The standard InChI is InChI=1S/C17H32O4SSi/c1-12-11-15(20-22(5,18)19)16(14-10-8-9-13(12)14)21-23(6,7)17(2,3)4/h13-16H,1,8-11H2,2-7H3/t13-,14+,15+,16+/m0/s1. The van der Waals surface area contributed by atoms with Crippen LogP contribution in [0, 0.1) is 11.8 Å². The maximum Gasteiger partial charge on any atom is 0.264 e. The zero-order valence-corrected chi connectivity index (χ0v) is 17.2. The van der Waals surface area contributed by atoms with Crippen LogP contribution in [0.1, 0.15) is 46.5 Å². The fraction of sp³-hybridized carbons (Fsp3) is 0.882. The molecule has 0 amide bonds. The van der Waals surface area contributed by atoms with Crippen molar-refractivity contribution in [2.75, 3.05) is 6.26 Å². The summed E-state index contributed by atoms with van der Waals surface area (Å²) in [5.74, 6) is 0.807. The van der Waals surface area contributed by atoms with E-state index in [4.69, 9.17) is 8.61 Å². The van der Waals surface area contributed by atoms with Crippen molar-refractivity contribution < 1.29 is 17.0 Å². The van der Waals surface area contributed by atoms with Crippen molar-refractivity contribution in [3.63, 3.8) is 0 Å². The molecule has 0 radical (unpaired) electrons. The van der Waals surface area contributed by atoms with Gasteiger partial charge in [0.05, 0.1) is 12.4 Å². The molecule has 0 aromatic heterocycles. The van der Waals surface area contributed by atoms with Gasteiger partial charge in [-0.3, -0.25) is 4.18 Å². The Kier molecular flexibility index (Phi) is 5.23. The van der Waals surface area contributed by atoms with Crippen molar-refractivity contribution in [2.45, 2.75) is 76.8 Å². The minimum Gasteiger partial charge on any atom is -0.411 e. The van der Waals surface area contributed by atoms with Crippen LogP contribution in [0.25, 0.3) is 0 Å². The van der Waals surface area contributed by atoms with Gasteiger partial charge in [0.2, 0.25) is 0 Å². The van der Waals surface area contributed by atoms with Crippen LogP contribution >= 0.6 is 0 Å². The maximum atomic E-state index is 11.7. The summed E-state index contributed by atoms with van der Waals surface area (Å²) in [5.41, 5.74) is 1.14. The van der Waals surface area contributed by atoms with Crippen LogP contribution in [0.3, 0.4) is 0 Å². The monoisotopic (exact) mass is 360 g/mol. The largest absolute Gasteiger partial charge is 0.411 e. The van der Waals surface area contributed by atoms with Gasteiger partial charge in [0.1, 0.15) is 6.10 Å². The summed E-state index contributed by atoms with van der Waals surface area (Å²) >= 11 is 0. The fourth-order valence-electron chi connectivity index (χ4n) is 3.68. The highest BCUT2D eigenvalue weighted by Gasteiger charge is 2.50. The van der Waals surface area contributed by atoms with Crippen LogP contribution in [0.2, 0.25) is 18.1 Å². The molecule has 0 bridgehead atoms. The Bertz CT molecular complexity index is 562. The zero-order valence-electron chi connectivity index (χ0n) is 15.4. The molecule has 4 nitrogen and oxygen atoms in total. The average Bonchev–Trinajstić information content (AvgIpc) is 2.80. The smallest absolute Gasteiger partial charge is 0.264 e. The van der Waals surface area contributed by atoms with Crippen molar-refractivity contribution in [3.8, 4) is 0 Å². The predicted molar refractivity (Wildman–Crippen MR) is 96.4 cm³/mol. The lowest BCUT2D eigenvalue weighted by Gasteiger charge is -2.47. The SMILES string of the molecule is C=C1C[C@@H](OS(C)(=O)=O)[C@H](O[Si](C)(C)C(C)(C)C)[C@@H]2CCC[C@@H]12. The molecule has 0 unspecified atom stereocenters. The van der Waals surface area contributed by atoms with Gasteiger partial charge in [-0.1, -0.05) is 39.3 Å². The normalized spacial score (nSPS) is 32.9. The Morgan fingerprint density at radius 2 is 1.83 bits per heavy atom. The first-order valence-corrected chi connectivity index (χ1v) is 13.3. The first kappa shape index (κ1) is 19.2. The molecule has 2 rings (SSSR count). The molecule has 2 aliphatic rings. The molecule has 0 aromatic carbocycles. The average molecular weight is 361 g/mol. The second-order valence-electron chi connectivity index (χ2n) is 8.75. The summed E-state index contributed by atoms with van der Waals surface area (Å²) in [6.45, 7) is 15.3. The lowest BCUT2D eigenvalue weighted by Crippen LogP contribution is -2.53. The molecule has 2 saturated carbocycles. The Labute approximate surface area is 142 Å². The highest BCUT2D eigenvalue weighted by atomic mass is 32.2. The summed E-state index contributed by atoms with van der Waals surface area (Å²) in [6, 6.07) is 0. The third-order valence-corrected chi connectivity index (χ3v) is 11.0. The molecule has 2 fully saturated rings. The van der Waals surface area contributed by atoms with Gasteiger partial charge in [-0.2, -0.15) is 8.42 Å². The van der Waals surface area contributed by atoms with Crippen molar-refractivity contribution >= 4 is 18.4 Å². The highest BCUT2D eigenvalue weighted by Crippen LogP contribution is 2.49. The van der Waals surface area contributed by atoms with E-state index in [1.54, 1.807) is 0 Å². The van der Waals surface area contributed by atoms with E-state index in [0.717, 1.165) is 31.1 Å². The molecule has 0 spiro atoms. The lowest BCUT2D eigenvalue weighted by molar-refractivity contribution is -0.0158. The molecular formula is C17H32O4SSi. The van der Waals surface area contributed by atoms with Crippen LogP contribution < -0.4 is 0 Å². The molecular weight excluding hydrogens is 328 g/mol. The number of fused-ring (bicyclic) bond motifs is 1. The first-order valence-electron chi connectivity index (χ1n) is 8.55. The van der Waals surface area contributed by atoms with Crippen molar-refractivity contribution in [1.82, 2.24) is 0 Å². The molecule has 0 aromatic rings. The Morgan fingerprint density at radius 1 is 1.22 bits per heavy atom. The quantitative estimate of drug-likeness (QED) is 0.430. The van der Waals surface area contributed by atoms with E-state index >= 15 is 0 Å². The van der Waals surface area contributed by atoms with Gasteiger partial charge >= 0.3 is 0 Å². The van der Waals surface area contributed by atoms with E-state index < -0.39 is 24.5 Å². The molecule has 0 N–H and O–H groups in total. The van der Waals surface area contributed by atoms with Gasteiger partial charge in [-0.25, -0.2) is 0 Å². The molecule has 23 heavy (non-hydrogen) atoms. The third-order valence-electron chi connectivity index (χ3n) is 5.88. The number of hydrogen-bond acceptors (Lipinski definition) is 4. The van der Waals surface area contributed by atoms with Crippen LogP contribution in [0.5, 0.6) is 0 Å². The summed E-state index contributed by atoms with van der Waals surface area (Å²) in [7, 11) is -5.50. The fourth-order valence-corrected chi connectivity index (χ4v) is 5.67. The molecule has 2 aliphatic carbocycles. The van der Waals surface area contributed by atoms with Crippen molar-refractivity contribution in [3.05, 3.63) is 12.2 Å². The minimum absolute atomic E-state index is 0.0885. The second kappa shape index (κ2) is 6.28. The van der Waals surface area contributed by atoms with Crippen LogP contribution in [-0.2, 0) is 18.7 Å². The molecule has 0 aliphatic heterocycles. The Balaban J connectivity index is 2.30. The van der Waals surface area contributed by atoms with E-state index in [1.165, 1.54) is 0 Å². The summed E-state index contributed by atoms with van der Waals surface area (Å²) in [4.78, 5) is 0. The number of hydrogen-bond donors (Lipinski definition) is 0. The molecule has 6 heteroatoms.